The fourth-order valence-corrected chi connectivity index (χ4v) is 3.42. The number of benzene rings is 1. The first-order chi connectivity index (χ1) is 12.2. The number of nitrogens with zero attached hydrogens (tertiary/aromatic N) is 3. The van der Waals surface area contributed by atoms with Crippen molar-refractivity contribution in [3.8, 4) is 0 Å². The maximum atomic E-state index is 4.71. The Labute approximate surface area is 153 Å². The van der Waals surface area contributed by atoms with E-state index in [-0.39, 0.29) is 0 Å². The van der Waals surface area contributed by atoms with Gasteiger partial charge in [-0.05, 0) is 31.5 Å². The predicted octanol–water partition coefficient (Wildman–Crippen LogP) is 3.08. The second-order valence-electron chi connectivity index (χ2n) is 5.96. The number of hydrogen-bond acceptors (Lipinski definition) is 4. The molecule has 2 heterocycles. The van der Waals surface area contributed by atoms with E-state index >= 15 is 0 Å². The van der Waals surface area contributed by atoms with Crippen LogP contribution in [0.3, 0.4) is 0 Å². The van der Waals surface area contributed by atoms with Gasteiger partial charge in [0.1, 0.15) is 5.01 Å². The highest BCUT2D eigenvalue weighted by molar-refractivity contribution is 7.11. The van der Waals surface area contributed by atoms with Gasteiger partial charge in [0.15, 0.2) is 5.96 Å². The summed E-state index contributed by atoms with van der Waals surface area (Å²) in [5.74, 6) is 0.823. The Morgan fingerprint density at radius 3 is 2.84 bits per heavy atom. The number of anilines is 1. The summed E-state index contributed by atoms with van der Waals surface area (Å²) in [6.07, 6.45) is 6.32. The van der Waals surface area contributed by atoms with Gasteiger partial charge < -0.3 is 15.5 Å². The van der Waals surface area contributed by atoms with Crippen LogP contribution in [0.1, 0.15) is 22.4 Å². The number of thiazole rings is 1. The lowest BCUT2D eigenvalue weighted by atomic mass is 10.2. The highest BCUT2D eigenvalue weighted by atomic mass is 32.1. The minimum absolute atomic E-state index is 0.654. The molecule has 25 heavy (non-hydrogen) atoms. The van der Waals surface area contributed by atoms with Gasteiger partial charge in [0.2, 0.25) is 0 Å². The van der Waals surface area contributed by atoms with Crippen molar-refractivity contribution in [2.45, 2.75) is 26.9 Å². The standard InChI is InChI=1S/C19H25N5S/c1-3-20-19(23-14-18-21-12-15(2)25-18)22-13-16-7-6-8-17(11-16)24-9-4-5-10-24/h4-8,11-12H,3,9-10,13-14H2,1-2H3,(H2,20,22,23). The maximum absolute atomic E-state index is 4.71. The highest BCUT2D eigenvalue weighted by Crippen LogP contribution is 2.19. The average Bonchev–Trinajstić information content (AvgIpc) is 3.29. The highest BCUT2D eigenvalue weighted by Gasteiger charge is 2.08. The first-order valence-electron chi connectivity index (χ1n) is 8.67. The number of aryl methyl sites for hydroxylation is 1. The van der Waals surface area contributed by atoms with Gasteiger partial charge in [-0.1, -0.05) is 24.3 Å². The number of nitrogens with one attached hydrogen (secondary N) is 2. The first-order valence-corrected chi connectivity index (χ1v) is 9.48. The first kappa shape index (κ1) is 17.5. The van der Waals surface area contributed by atoms with E-state index in [1.165, 1.54) is 16.1 Å². The van der Waals surface area contributed by atoms with Gasteiger partial charge in [-0.25, -0.2) is 9.98 Å². The molecule has 0 radical (unpaired) electrons. The smallest absolute Gasteiger partial charge is 0.191 e. The molecule has 0 atom stereocenters. The van der Waals surface area contributed by atoms with Crippen molar-refractivity contribution in [1.29, 1.82) is 0 Å². The van der Waals surface area contributed by atoms with Gasteiger partial charge in [-0.3, -0.25) is 0 Å². The summed E-state index contributed by atoms with van der Waals surface area (Å²) in [5.41, 5.74) is 2.47. The van der Waals surface area contributed by atoms with Crippen molar-refractivity contribution < 1.29 is 0 Å². The molecule has 0 saturated heterocycles. The molecule has 1 aliphatic heterocycles. The number of guanidine groups is 1. The van der Waals surface area contributed by atoms with Crippen LogP contribution in [0.5, 0.6) is 0 Å². The number of rotatable bonds is 6. The van der Waals surface area contributed by atoms with Crippen LogP contribution in [0.4, 0.5) is 5.69 Å². The van der Waals surface area contributed by atoms with Gasteiger partial charge in [-0.2, -0.15) is 0 Å². The molecule has 132 valence electrons. The lowest BCUT2D eigenvalue weighted by molar-refractivity contribution is 0.811. The largest absolute Gasteiger partial charge is 0.364 e. The van der Waals surface area contributed by atoms with E-state index in [4.69, 9.17) is 4.99 Å². The predicted molar refractivity (Wildman–Crippen MR) is 106 cm³/mol. The van der Waals surface area contributed by atoms with Crippen molar-refractivity contribution in [1.82, 2.24) is 15.6 Å². The molecule has 0 bridgehead atoms. The SMILES string of the molecule is CCNC(=NCc1cccc(N2CC=CC2)c1)NCc1ncc(C)s1. The topological polar surface area (TPSA) is 52.6 Å². The molecule has 2 N–H and O–H groups in total. The Balaban J connectivity index is 1.61. The quantitative estimate of drug-likeness (QED) is 0.475. The molecular formula is C19H25N5S. The fourth-order valence-electron chi connectivity index (χ4n) is 2.70. The monoisotopic (exact) mass is 355 g/mol. The summed E-state index contributed by atoms with van der Waals surface area (Å²) in [6.45, 7) is 8.32. The van der Waals surface area contributed by atoms with E-state index in [9.17, 15) is 0 Å². The van der Waals surface area contributed by atoms with Crippen LogP contribution in [0, 0.1) is 6.92 Å². The summed E-state index contributed by atoms with van der Waals surface area (Å²) in [7, 11) is 0. The van der Waals surface area contributed by atoms with Crippen LogP contribution in [0.15, 0.2) is 47.6 Å². The van der Waals surface area contributed by atoms with Crippen LogP contribution in [0.2, 0.25) is 0 Å². The van der Waals surface area contributed by atoms with E-state index in [1.807, 2.05) is 6.20 Å². The molecule has 0 amide bonds. The molecule has 5 nitrogen and oxygen atoms in total. The third-order valence-corrected chi connectivity index (χ3v) is 4.85. The van der Waals surface area contributed by atoms with E-state index in [2.05, 4.69) is 70.8 Å². The van der Waals surface area contributed by atoms with Crippen LogP contribution >= 0.6 is 11.3 Å². The summed E-state index contributed by atoms with van der Waals surface area (Å²) in [5, 5.41) is 7.73. The van der Waals surface area contributed by atoms with E-state index < -0.39 is 0 Å². The molecule has 0 spiro atoms. The molecule has 1 aliphatic rings. The lowest BCUT2D eigenvalue weighted by Crippen LogP contribution is -2.36. The second kappa shape index (κ2) is 8.67. The molecule has 0 unspecified atom stereocenters. The van der Waals surface area contributed by atoms with Gasteiger partial charge in [0.05, 0.1) is 13.1 Å². The Hall–Kier alpha value is -2.34. The minimum Gasteiger partial charge on any atom is -0.364 e. The molecule has 0 saturated carbocycles. The lowest BCUT2D eigenvalue weighted by Gasteiger charge is -2.18. The number of aliphatic imine (C=N–C) groups is 1. The summed E-state index contributed by atoms with van der Waals surface area (Å²) in [6, 6.07) is 8.63. The van der Waals surface area contributed by atoms with E-state index in [0.29, 0.717) is 13.1 Å². The van der Waals surface area contributed by atoms with Crippen molar-refractivity contribution in [3.05, 3.63) is 58.1 Å². The summed E-state index contributed by atoms with van der Waals surface area (Å²) in [4.78, 5) is 12.7. The minimum atomic E-state index is 0.654. The van der Waals surface area contributed by atoms with Crippen molar-refractivity contribution in [3.63, 3.8) is 0 Å². The molecule has 6 heteroatoms. The molecular weight excluding hydrogens is 330 g/mol. The Bertz CT molecular complexity index is 742. The maximum Gasteiger partial charge on any atom is 0.191 e. The Kier molecular flexibility index (Phi) is 6.06. The van der Waals surface area contributed by atoms with E-state index in [1.54, 1.807) is 11.3 Å². The van der Waals surface area contributed by atoms with Crippen LogP contribution < -0.4 is 15.5 Å². The van der Waals surface area contributed by atoms with Crippen molar-refractivity contribution >= 4 is 23.0 Å². The van der Waals surface area contributed by atoms with Crippen molar-refractivity contribution in [2.24, 2.45) is 4.99 Å². The summed E-state index contributed by atoms with van der Waals surface area (Å²) >= 11 is 1.71. The number of aromatic nitrogens is 1. The molecule has 0 fully saturated rings. The average molecular weight is 356 g/mol. The van der Waals surface area contributed by atoms with Gasteiger partial charge in [-0.15, -0.1) is 11.3 Å². The van der Waals surface area contributed by atoms with Gasteiger partial charge >= 0.3 is 0 Å². The Morgan fingerprint density at radius 2 is 2.12 bits per heavy atom. The molecule has 1 aromatic carbocycles. The molecule has 0 aliphatic carbocycles. The van der Waals surface area contributed by atoms with Gasteiger partial charge in [0.25, 0.3) is 0 Å². The molecule has 1 aromatic heterocycles. The zero-order chi connectivity index (χ0) is 17.5. The van der Waals surface area contributed by atoms with Crippen LogP contribution in [-0.2, 0) is 13.1 Å². The number of hydrogen-bond donors (Lipinski definition) is 2. The van der Waals surface area contributed by atoms with Crippen LogP contribution in [-0.4, -0.2) is 30.6 Å². The second-order valence-corrected chi connectivity index (χ2v) is 7.28. The zero-order valence-corrected chi connectivity index (χ0v) is 15.6. The Morgan fingerprint density at radius 1 is 1.28 bits per heavy atom. The third-order valence-electron chi connectivity index (χ3n) is 3.93. The third kappa shape index (κ3) is 5.06. The molecule has 3 rings (SSSR count). The summed E-state index contributed by atoms with van der Waals surface area (Å²) < 4.78 is 0. The van der Waals surface area contributed by atoms with Gasteiger partial charge in [0, 0.05) is 36.4 Å². The van der Waals surface area contributed by atoms with Crippen molar-refractivity contribution in [2.75, 3.05) is 24.5 Å². The molecule has 2 aromatic rings. The zero-order valence-electron chi connectivity index (χ0n) is 14.8. The normalized spacial score (nSPS) is 14.2. The van der Waals surface area contributed by atoms with E-state index in [0.717, 1.165) is 30.6 Å². The van der Waals surface area contributed by atoms with Crippen LogP contribution in [0.25, 0.3) is 0 Å². The fraction of sp³-hybridized carbons (Fsp3) is 0.368.